The zero-order valence-corrected chi connectivity index (χ0v) is 13.1. The first-order valence-electron chi connectivity index (χ1n) is 6.75. The smallest absolute Gasteiger partial charge is 0.106 e. The molecule has 2 unspecified atom stereocenters. The predicted octanol–water partition coefficient (Wildman–Crippen LogP) is 2.73. The molecule has 0 saturated carbocycles. The number of halogens is 1. The van der Waals surface area contributed by atoms with E-state index in [-0.39, 0.29) is 0 Å². The summed E-state index contributed by atoms with van der Waals surface area (Å²) in [5, 5.41) is 3.66. The van der Waals surface area contributed by atoms with Crippen LogP contribution in [0.2, 0.25) is 0 Å². The van der Waals surface area contributed by atoms with Crippen molar-refractivity contribution in [2.24, 2.45) is 5.73 Å². The van der Waals surface area contributed by atoms with Crippen molar-refractivity contribution in [3.05, 3.63) is 28.2 Å². The second kappa shape index (κ2) is 5.38. The first-order chi connectivity index (χ1) is 9.15. The molecule has 2 fully saturated rings. The number of fused-ring (bicyclic) bond motifs is 1. The molecule has 3 nitrogen and oxygen atoms in total. The highest BCUT2D eigenvalue weighted by atomic mass is 79.9. The van der Waals surface area contributed by atoms with Crippen molar-refractivity contribution in [3.63, 3.8) is 0 Å². The molecule has 2 atom stereocenters. The Morgan fingerprint density at radius 2 is 2.21 bits per heavy atom. The molecule has 19 heavy (non-hydrogen) atoms. The van der Waals surface area contributed by atoms with E-state index in [2.05, 4.69) is 32.2 Å². The predicted molar refractivity (Wildman–Crippen MR) is 86.7 cm³/mol. The summed E-state index contributed by atoms with van der Waals surface area (Å²) in [5.41, 5.74) is 7.81. The van der Waals surface area contributed by atoms with Gasteiger partial charge in [-0.1, -0.05) is 28.1 Å². The normalized spacial score (nSPS) is 26.4. The van der Waals surface area contributed by atoms with Gasteiger partial charge in [0.1, 0.15) is 4.99 Å². The minimum absolute atomic E-state index is 0.455. The lowest BCUT2D eigenvalue weighted by molar-refractivity contribution is 0.318. The molecular weight excluding hydrogens is 322 g/mol. The third-order valence-corrected chi connectivity index (χ3v) is 4.91. The van der Waals surface area contributed by atoms with Crippen LogP contribution in [0.25, 0.3) is 0 Å². The van der Waals surface area contributed by atoms with Crippen molar-refractivity contribution >= 4 is 38.8 Å². The van der Waals surface area contributed by atoms with E-state index in [4.69, 9.17) is 18.0 Å². The summed E-state index contributed by atoms with van der Waals surface area (Å²) in [6, 6.07) is 7.24. The van der Waals surface area contributed by atoms with Gasteiger partial charge in [-0.2, -0.15) is 0 Å². The summed E-state index contributed by atoms with van der Waals surface area (Å²) in [5.74, 6) is 0. The molecule has 0 aliphatic carbocycles. The summed E-state index contributed by atoms with van der Waals surface area (Å²) in [4.78, 5) is 3.05. The third-order valence-electron chi connectivity index (χ3n) is 4.19. The summed E-state index contributed by atoms with van der Waals surface area (Å²) < 4.78 is 1.05. The summed E-state index contributed by atoms with van der Waals surface area (Å²) in [7, 11) is 0. The molecule has 2 aliphatic heterocycles. The van der Waals surface area contributed by atoms with E-state index >= 15 is 0 Å². The largest absolute Gasteiger partial charge is 0.389 e. The maximum atomic E-state index is 5.81. The fourth-order valence-corrected chi connectivity index (χ4v) is 3.84. The lowest BCUT2D eigenvalue weighted by atomic mass is 10.1. The van der Waals surface area contributed by atoms with E-state index in [1.54, 1.807) is 0 Å². The van der Waals surface area contributed by atoms with Crippen LogP contribution >= 0.6 is 28.1 Å². The van der Waals surface area contributed by atoms with Crippen LogP contribution in [0.5, 0.6) is 0 Å². The lowest BCUT2D eigenvalue weighted by Crippen LogP contribution is -2.34. The maximum absolute atomic E-state index is 5.81. The Morgan fingerprint density at radius 1 is 1.37 bits per heavy atom. The SMILES string of the molecule is NC(=S)c1ccc(Br)cc1NC1CCN2CCCC12. The van der Waals surface area contributed by atoms with Gasteiger partial charge in [-0.05, 0) is 44.0 Å². The van der Waals surface area contributed by atoms with Gasteiger partial charge in [0, 0.05) is 34.4 Å². The second-order valence-electron chi connectivity index (χ2n) is 5.34. The lowest BCUT2D eigenvalue weighted by Gasteiger charge is -2.23. The maximum Gasteiger partial charge on any atom is 0.106 e. The van der Waals surface area contributed by atoms with E-state index in [1.165, 1.54) is 32.4 Å². The number of anilines is 1. The molecule has 0 amide bonds. The minimum Gasteiger partial charge on any atom is -0.389 e. The summed E-state index contributed by atoms with van der Waals surface area (Å²) in [6.45, 7) is 2.46. The Kier molecular flexibility index (Phi) is 3.78. The molecular formula is C14H18BrN3S. The van der Waals surface area contributed by atoms with Crippen LogP contribution in [-0.4, -0.2) is 35.1 Å². The Hall–Kier alpha value is -0.650. The van der Waals surface area contributed by atoms with Gasteiger partial charge in [0.25, 0.3) is 0 Å². The second-order valence-corrected chi connectivity index (χ2v) is 6.69. The molecule has 0 aromatic heterocycles. The molecule has 3 N–H and O–H groups in total. The molecule has 102 valence electrons. The van der Waals surface area contributed by atoms with Crippen LogP contribution in [0.15, 0.2) is 22.7 Å². The van der Waals surface area contributed by atoms with Crippen molar-refractivity contribution in [2.75, 3.05) is 18.4 Å². The average Bonchev–Trinajstić information content (AvgIpc) is 2.94. The molecule has 0 bridgehead atoms. The molecule has 1 aromatic rings. The average molecular weight is 340 g/mol. The third kappa shape index (κ3) is 2.64. The minimum atomic E-state index is 0.455. The van der Waals surface area contributed by atoms with Gasteiger partial charge in [-0.25, -0.2) is 0 Å². The first-order valence-corrected chi connectivity index (χ1v) is 7.95. The van der Waals surface area contributed by atoms with Crippen LogP contribution < -0.4 is 11.1 Å². The highest BCUT2D eigenvalue weighted by Gasteiger charge is 2.37. The van der Waals surface area contributed by atoms with Crippen molar-refractivity contribution < 1.29 is 0 Å². The summed E-state index contributed by atoms with van der Waals surface area (Å²) >= 11 is 8.66. The van der Waals surface area contributed by atoms with E-state index in [9.17, 15) is 0 Å². The molecule has 3 rings (SSSR count). The van der Waals surface area contributed by atoms with E-state index in [0.29, 0.717) is 17.1 Å². The highest BCUT2D eigenvalue weighted by molar-refractivity contribution is 9.10. The van der Waals surface area contributed by atoms with Crippen molar-refractivity contribution in [3.8, 4) is 0 Å². The van der Waals surface area contributed by atoms with Gasteiger partial charge in [-0.15, -0.1) is 0 Å². The first kappa shape index (κ1) is 13.3. The highest BCUT2D eigenvalue weighted by Crippen LogP contribution is 2.31. The van der Waals surface area contributed by atoms with Crippen LogP contribution in [-0.2, 0) is 0 Å². The molecule has 5 heteroatoms. The molecule has 2 aliphatic rings. The molecule has 0 spiro atoms. The Bertz CT molecular complexity index is 505. The Balaban J connectivity index is 1.83. The standard InChI is InChI=1S/C14H18BrN3S/c15-9-3-4-10(14(16)19)12(8-9)17-11-5-7-18-6-1-2-13(11)18/h3-4,8,11,13,17H,1-2,5-7H2,(H2,16,19). The fourth-order valence-electron chi connectivity index (χ4n) is 3.30. The molecule has 0 radical (unpaired) electrons. The fraction of sp³-hybridized carbons (Fsp3) is 0.500. The van der Waals surface area contributed by atoms with Gasteiger partial charge >= 0.3 is 0 Å². The van der Waals surface area contributed by atoms with E-state index in [1.807, 2.05) is 12.1 Å². The van der Waals surface area contributed by atoms with E-state index < -0.39 is 0 Å². The number of hydrogen-bond acceptors (Lipinski definition) is 3. The van der Waals surface area contributed by atoms with Crippen LogP contribution in [0.3, 0.4) is 0 Å². The van der Waals surface area contributed by atoms with E-state index in [0.717, 1.165) is 15.7 Å². The zero-order valence-electron chi connectivity index (χ0n) is 10.7. The number of rotatable bonds is 3. The van der Waals surface area contributed by atoms with Crippen molar-refractivity contribution in [1.29, 1.82) is 0 Å². The molecule has 2 saturated heterocycles. The van der Waals surface area contributed by atoms with Crippen LogP contribution in [0.1, 0.15) is 24.8 Å². The van der Waals surface area contributed by atoms with Gasteiger partial charge in [-0.3, -0.25) is 4.90 Å². The topological polar surface area (TPSA) is 41.3 Å². The Morgan fingerprint density at radius 3 is 3.00 bits per heavy atom. The van der Waals surface area contributed by atoms with Crippen LogP contribution in [0.4, 0.5) is 5.69 Å². The van der Waals surface area contributed by atoms with Crippen molar-refractivity contribution in [2.45, 2.75) is 31.3 Å². The molecule has 1 aromatic carbocycles. The Labute approximate surface area is 127 Å². The monoisotopic (exact) mass is 339 g/mol. The van der Waals surface area contributed by atoms with Gasteiger partial charge in [0.15, 0.2) is 0 Å². The number of nitrogens with two attached hydrogens (primary N) is 1. The van der Waals surface area contributed by atoms with Gasteiger partial charge < -0.3 is 11.1 Å². The number of nitrogens with one attached hydrogen (secondary N) is 1. The number of benzene rings is 1. The summed E-state index contributed by atoms with van der Waals surface area (Å²) in [6.07, 6.45) is 3.82. The van der Waals surface area contributed by atoms with Gasteiger partial charge in [0.2, 0.25) is 0 Å². The number of hydrogen-bond donors (Lipinski definition) is 2. The number of nitrogens with zero attached hydrogens (tertiary/aromatic N) is 1. The quantitative estimate of drug-likeness (QED) is 0.831. The molecule has 2 heterocycles. The number of thiocarbonyl (C=S) groups is 1. The zero-order chi connectivity index (χ0) is 13.4. The van der Waals surface area contributed by atoms with Crippen molar-refractivity contribution in [1.82, 2.24) is 4.90 Å². The van der Waals surface area contributed by atoms with Crippen LogP contribution in [0, 0.1) is 0 Å². The van der Waals surface area contributed by atoms with Gasteiger partial charge in [0.05, 0.1) is 0 Å².